The van der Waals surface area contributed by atoms with Crippen LogP contribution in [0.4, 0.5) is 4.39 Å². The van der Waals surface area contributed by atoms with E-state index in [-0.39, 0.29) is 6.42 Å². The summed E-state index contributed by atoms with van der Waals surface area (Å²) in [4.78, 5) is 10.6. The van der Waals surface area contributed by atoms with Crippen molar-refractivity contribution in [3.8, 4) is 0 Å². The van der Waals surface area contributed by atoms with E-state index >= 15 is 0 Å². The number of unbranched alkanes of at least 4 members (excludes halogenated alkanes) is 1. The Hall–Kier alpha value is -0.390. The van der Waals surface area contributed by atoms with E-state index in [0.29, 0.717) is 19.4 Å². The van der Waals surface area contributed by atoms with Crippen LogP contribution in [0.1, 0.15) is 19.3 Å². The Morgan fingerprint density at radius 2 is 2.15 bits per heavy atom. The van der Waals surface area contributed by atoms with Crippen LogP contribution in [0.5, 0.6) is 0 Å². The minimum Gasteiger partial charge on any atom is -0.480 e. The summed E-state index contributed by atoms with van der Waals surface area (Å²) in [5, 5.41) is 8.62. The van der Waals surface area contributed by atoms with Crippen LogP contribution in [0, 0.1) is 0 Å². The standard InChI is InChI=1S/C7H14ClFN2O2/c8-5(9)7(11,6(12)13)3-1-2-4-10/h5H,1-4,10-11H2,(H,12,13). The van der Waals surface area contributed by atoms with Crippen LogP contribution in [0.3, 0.4) is 0 Å². The van der Waals surface area contributed by atoms with Crippen LogP contribution >= 0.6 is 11.6 Å². The smallest absolute Gasteiger partial charge is 0.328 e. The van der Waals surface area contributed by atoms with E-state index in [2.05, 4.69) is 0 Å². The van der Waals surface area contributed by atoms with Crippen LogP contribution in [-0.4, -0.2) is 28.8 Å². The Labute approximate surface area is 81.0 Å². The second-order valence-electron chi connectivity index (χ2n) is 2.89. The first kappa shape index (κ1) is 12.6. The number of hydrogen-bond donors (Lipinski definition) is 3. The van der Waals surface area contributed by atoms with Gasteiger partial charge in [-0.2, -0.15) is 0 Å². The molecule has 0 rings (SSSR count). The highest BCUT2D eigenvalue weighted by Crippen LogP contribution is 2.21. The van der Waals surface area contributed by atoms with E-state index < -0.39 is 17.1 Å². The molecule has 0 aromatic rings. The third-order valence-electron chi connectivity index (χ3n) is 1.83. The normalized spacial score (nSPS) is 17.8. The predicted octanol–water partition coefficient (Wildman–Crippen LogP) is 0.432. The highest BCUT2D eigenvalue weighted by Gasteiger charge is 2.41. The Kier molecular flexibility index (Phi) is 5.20. The molecule has 0 aliphatic carbocycles. The van der Waals surface area contributed by atoms with Gasteiger partial charge < -0.3 is 16.6 Å². The van der Waals surface area contributed by atoms with Gasteiger partial charge in [-0.3, -0.25) is 4.79 Å². The van der Waals surface area contributed by atoms with Gasteiger partial charge in [0.25, 0.3) is 0 Å². The Morgan fingerprint density at radius 3 is 2.46 bits per heavy atom. The maximum Gasteiger partial charge on any atom is 0.328 e. The zero-order valence-corrected chi connectivity index (χ0v) is 7.93. The molecule has 0 fully saturated rings. The van der Waals surface area contributed by atoms with Crippen molar-refractivity contribution in [3.05, 3.63) is 0 Å². The molecule has 5 N–H and O–H groups in total. The van der Waals surface area contributed by atoms with Gasteiger partial charge in [-0.1, -0.05) is 11.6 Å². The zero-order valence-electron chi connectivity index (χ0n) is 7.17. The number of rotatable bonds is 6. The second-order valence-corrected chi connectivity index (χ2v) is 3.28. The zero-order chi connectivity index (χ0) is 10.5. The average molecular weight is 213 g/mol. The molecule has 0 bridgehead atoms. The lowest BCUT2D eigenvalue weighted by atomic mass is 9.95. The summed E-state index contributed by atoms with van der Waals surface area (Å²) in [6.45, 7) is 0.426. The molecule has 4 nitrogen and oxygen atoms in total. The van der Waals surface area contributed by atoms with E-state index in [4.69, 9.17) is 28.2 Å². The van der Waals surface area contributed by atoms with Crippen molar-refractivity contribution in [3.63, 3.8) is 0 Å². The quantitative estimate of drug-likeness (QED) is 0.440. The molecular weight excluding hydrogens is 199 g/mol. The molecule has 0 radical (unpaired) electrons. The van der Waals surface area contributed by atoms with Gasteiger partial charge in [-0.25, -0.2) is 4.39 Å². The number of nitrogens with two attached hydrogens (primary N) is 2. The lowest BCUT2D eigenvalue weighted by Gasteiger charge is -2.24. The monoisotopic (exact) mass is 212 g/mol. The number of carboxylic acids is 1. The fraction of sp³-hybridized carbons (Fsp3) is 0.857. The first-order chi connectivity index (χ1) is 5.95. The van der Waals surface area contributed by atoms with E-state index in [1.54, 1.807) is 0 Å². The van der Waals surface area contributed by atoms with Gasteiger partial charge in [0.2, 0.25) is 5.63 Å². The minimum atomic E-state index is -2.08. The number of alkyl halides is 2. The average Bonchev–Trinajstić information content (AvgIpc) is 2.03. The van der Waals surface area contributed by atoms with Gasteiger partial charge in [0.05, 0.1) is 0 Å². The third kappa shape index (κ3) is 3.46. The van der Waals surface area contributed by atoms with Crippen molar-refractivity contribution < 1.29 is 14.3 Å². The van der Waals surface area contributed by atoms with E-state index in [1.165, 1.54) is 0 Å². The van der Waals surface area contributed by atoms with Crippen molar-refractivity contribution in [2.24, 2.45) is 11.5 Å². The molecule has 0 aliphatic heterocycles. The highest BCUT2D eigenvalue weighted by molar-refractivity contribution is 6.22. The second kappa shape index (κ2) is 5.36. The summed E-state index contributed by atoms with van der Waals surface area (Å²) in [5.41, 5.74) is 6.40. The molecule has 13 heavy (non-hydrogen) atoms. The summed E-state index contributed by atoms with van der Waals surface area (Å²) >= 11 is 5.06. The summed E-state index contributed by atoms with van der Waals surface area (Å²) in [6, 6.07) is 0. The van der Waals surface area contributed by atoms with Gasteiger partial charge in [0.1, 0.15) is 0 Å². The van der Waals surface area contributed by atoms with Gasteiger partial charge in [0.15, 0.2) is 5.54 Å². The molecule has 0 aromatic carbocycles. The third-order valence-corrected chi connectivity index (χ3v) is 2.22. The number of carboxylic acid groups (broad SMARTS) is 1. The molecule has 0 spiro atoms. The Bertz CT molecular complexity index is 180. The fourth-order valence-corrected chi connectivity index (χ4v) is 1.07. The molecule has 2 atom stereocenters. The van der Waals surface area contributed by atoms with Crippen LogP contribution in [-0.2, 0) is 4.79 Å². The summed E-state index contributed by atoms with van der Waals surface area (Å²) in [6.07, 6.45) is 1.05. The van der Waals surface area contributed by atoms with Gasteiger partial charge in [0, 0.05) is 0 Å². The number of halogens is 2. The fourth-order valence-electron chi connectivity index (χ4n) is 0.871. The molecule has 0 aliphatic rings. The molecule has 0 amide bonds. The molecule has 2 unspecified atom stereocenters. The summed E-state index contributed by atoms with van der Waals surface area (Å²) < 4.78 is 12.7. The SMILES string of the molecule is NCCCCC(N)(C(=O)O)C(F)Cl. The first-order valence-electron chi connectivity index (χ1n) is 3.95. The van der Waals surface area contributed by atoms with Crippen molar-refractivity contribution >= 4 is 17.6 Å². The lowest BCUT2D eigenvalue weighted by Crippen LogP contribution is -2.53. The number of hydrogen-bond acceptors (Lipinski definition) is 3. The maximum absolute atomic E-state index is 12.7. The molecule has 6 heteroatoms. The number of carbonyl (C=O) groups is 1. The highest BCUT2D eigenvalue weighted by atomic mass is 35.5. The molecule has 78 valence electrons. The summed E-state index contributed by atoms with van der Waals surface area (Å²) in [7, 11) is 0. The molecule has 0 heterocycles. The van der Waals surface area contributed by atoms with Gasteiger partial charge >= 0.3 is 5.97 Å². The van der Waals surface area contributed by atoms with Gasteiger partial charge in [-0.05, 0) is 25.8 Å². The summed E-state index contributed by atoms with van der Waals surface area (Å²) in [5.74, 6) is -1.42. The molecular formula is C7H14ClFN2O2. The Balaban J connectivity index is 4.17. The van der Waals surface area contributed by atoms with Crippen LogP contribution < -0.4 is 11.5 Å². The van der Waals surface area contributed by atoms with Crippen molar-refractivity contribution in [2.45, 2.75) is 30.4 Å². The topological polar surface area (TPSA) is 89.3 Å². The van der Waals surface area contributed by atoms with Crippen molar-refractivity contribution in [2.75, 3.05) is 6.54 Å². The van der Waals surface area contributed by atoms with Crippen LogP contribution in [0.15, 0.2) is 0 Å². The van der Waals surface area contributed by atoms with Crippen molar-refractivity contribution in [1.82, 2.24) is 0 Å². The lowest BCUT2D eigenvalue weighted by molar-refractivity contribution is -0.145. The van der Waals surface area contributed by atoms with Crippen LogP contribution in [0.2, 0.25) is 0 Å². The molecule has 0 aromatic heterocycles. The first-order valence-corrected chi connectivity index (χ1v) is 4.39. The van der Waals surface area contributed by atoms with Crippen molar-refractivity contribution in [1.29, 1.82) is 0 Å². The molecule has 0 saturated heterocycles. The Morgan fingerprint density at radius 1 is 1.62 bits per heavy atom. The largest absolute Gasteiger partial charge is 0.480 e. The number of aliphatic carboxylic acids is 1. The van der Waals surface area contributed by atoms with E-state index in [1.807, 2.05) is 0 Å². The van der Waals surface area contributed by atoms with Crippen LogP contribution in [0.25, 0.3) is 0 Å². The van der Waals surface area contributed by atoms with E-state index in [0.717, 1.165) is 0 Å². The van der Waals surface area contributed by atoms with Gasteiger partial charge in [-0.15, -0.1) is 0 Å². The predicted molar refractivity (Wildman–Crippen MR) is 48.2 cm³/mol. The molecule has 0 saturated carbocycles. The van der Waals surface area contributed by atoms with E-state index in [9.17, 15) is 9.18 Å². The minimum absolute atomic E-state index is 0.00972. The maximum atomic E-state index is 12.7.